The van der Waals surface area contributed by atoms with Crippen molar-refractivity contribution in [1.29, 1.82) is 0 Å². The zero-order valence-corrected chi connectivity index (χ0v) is 11.4. The molecule has 1 aromatic rings. The molecular formula is C15H20F2N2O. The van der Waals surface area contributed by atoms with Crippen LogP contribution >= 0.6 is 0 Å². The number of rotatable bonds is 4. The van der Waals surface area contributed by atoms with Gasteiger partial charge in [0.2, 0.25) is 5.91 Å². The molecule has 2 unspecified atom stereocenters. The van der Waals surface area contributed by atoms with Crippen molar-refractivity contribution in [3.63, 3.8) is 0 Å². The van der Waals surface area contributed by atoms with Crippen LogP contribution in [-0.2, 0) is 11.2 Å². The third-order valence-corrected chi connectivity index (χ3v) is 3.91. The van der Waals surface area contributed by atoms with E-state index in [1.54, 1.807) is 0 Å². The van der Waals surface area contributed by atoms with Gasteiger partial charge in [0, 0.05) is 18.2 Å². The molecule has 5 heteroatoms. The number of hydrogen-bond donors (Lipinski definition) is 2. The summed E-state index contributed by atoms with van der Waals surface area (Å²) in [6, 6.07) is 3.98. The summed E-state index contributed by atoms with van der Waals surface area (Å²) in [5, 5.41) is 2.77. The van der Waals surface area contributed by atoms with Crippen molar-refractivity contribution < 1.29 is 13.6 Å². The Kier molecular flexibility index (Phi) is 5.06. The number of carbonyl (C=O) groups excluding carboxylic acids is 1. The van der Waals surface area contributed by atoms with Crippen molar-refractivity contribution in [3.8, 4) is 0 Å². The van der Waals surface area contributed by atoms with E-state index in [9.17, 15) is 13.6 Å². The maximum Gasteiger partial charge on any atom is 0.224 e. The quantitative estimate of drug-likeness (QED) is 0.889. The van der Waals surface area contributed by atoms with Crippen LogP contribution in [0.5, 0.6) is 0 Å². The van der Waals surface area contributed by atoms with E-state index in [1.807, 2.05) is 0 Å². The fourth-order valence-corrected chi connectivity index (χ4v) is 2.66. The van der Waals surface area contributed by atoms with Gasteiger partial charge < -0.3 is 11.1 Å². The van der Waals surface area contributed by atoms with Crippen LogP contribution in [0.2, 0.25) is 0 Å². The molecule has 0 spiro atoms. The minimum absolute atomic E-state index is 0.0791. The Hall–Kier alpha value is -1.49. The van der Waals surface area contributed by atoms with Crippen LogP contribution < -0.4 is 11.1 Å². The lowest BCUT2D eigenvalue weighted by molar-refractivity contribution is -0.120. The Morgan fingerprint density at radius 1 is 1.30 bits per heavy atom. The minimum atomic E-state index is -0.947. The largest absolute Gasteiger partial charge is 0.355 e. The smallest absolute Gasteiger partial charge is 0.224 e. The average Bonchev–Trinajstić information content (AvgIpc) is 2.43. The van der Waals surface area contributed by atoms with Crippen molar-refractivity contribution in [2.75, 3.05) is 6.54 Å². The SMILES string of the molecule is NC1CCCCC1CNC(=O)Cc1cccc(F)c1F. The number of carbonyl (C=O) groups is 1. The van der Waals surface area contributed by atoms with Crippen LogP contribution in [0.15, 0.2) is 18.2 Å². The summed E-state index contributed by atoms with van der Waals surface area (Å²) >= 11 is 0. The lowest BCUT2D eigenvalue weighted by Gasteiger charge is -2.28. The maximum atomic E-state index is 13.4. The van der Waals surface area contributed by atoms with E-state index in [4.69, 9.17) is 5.73 Å². The highest BCUT2D eigenvalue weighted by molar-refractivity contribution is 5.78. The molecule has 3 nitrogen and oxygen atoms in total. The molecule has 1 amide bonds. The van der Waals surface area contributed by atoms with Crippen molar-refractivity contribution in [1.82, 2.24) is 5.32 Å². The zero-order valence-electron chi connectivity index (χ0n) is 11.4. The van der Waals surface area contributed by atoms with Gasteiger partial charge in [-0.3, -0.25) is 4.79 Å². The normalized spacial score (nSPS) is 22.6. The molecule has 0 aromatic heterocycles. The third-order valence-electron chi connectivity index (χ3n) is 3.91. The van der Waals surface area contributed by atoms with Crippen molar-refractivity contribution in [2.45, 2.75) is 38.1 Å². The number of nitrogens with two attached hydrogens (primary N) is 1. The molecule has 1 fully saturated rings. The van der Waals surface area contributed by atoms with Gasteiger partial charge in [0.15, 0.2) is 11.6 Å². The van der Waals surface area contributed by atoms with Gasteiger partial charge in [0.1, 0.15) is 0 Å². The molecule has 1 aliphatic carbocycles. The number of benzene rings is 1. The lowest BCUT2D eigenvalue weighted by atomic mass is 9.85. The summed E-state index contributed by atoms with van der Waals surface area (Å²) in [5.74, 6) is -1.89. The molecule has 1 saturated carbocycles. The van der Waals surface area contributed by atoms with Crippen LogP contribution in [0.3, 0.4) is 0 Å². The molecule has 0 aliphatic heterocycles. The monoisotopic (exact) mass is 282 g/mol. The first kappa shape index (κ1) is 14.9. The van der Waals surface area contributed by atoms with Crippen molar-refractivity contribution in [2.24, 2.45) is 11.7 Å². The van der Waals surface area contributed by atoms with Gasteiger partial charge in [0.25, 0.3) is 0 Å². The van der Waals surface area contributed by atoms with E-state index in [1.165, 1.54) is 12.1 Å². The van der Waals surface area contributed by atoms with Crippen LogP contribution in [0.4, 0.5) is 8.78 Å². The minimum Gasteiger partial charge on any atom is -0.355 e. The number of hydrogen-bond acceptors (Lipinski definition) is 2. The molecule has 0 bridgehead atoms. The van der Waals surface area contributed by atoms with Gasteiger partial charge in [0.05, 0.1) is 6.42 Å². The standard InChI is InChI=1S/C15H20F2N2O/c16-12-6-3-5-10(15(12)17)8-14(20)19-9-11-4-1-2-7-13(11)18/h3,5-6,11,13H,1-2,4,7-9,18H2,(H,19,20). The van der Waals surface area contributed by atoms with Gasteiger partial charge in [-0.15, -0.1) is 0 Å². The second-order valence-corrected chi connectivity index (χ2v) is 5.40. The first-order valence-corrected chi connectivity index (χ1v) is 7.03. The highest BCUT2D eigenvalue weighted by atomic mass is 19.2. The van der Waals surface area contributed by atoms with Crippen LogP contribution in [0.25, 0.3) is 0 Å². The molecule has 20 heavy (non-hydrogen) atoms. The summed E-state index contributed by atoms with van der Waals surface area (Å²) in [5.41, 5.74) is 6.08. The fraction of sp³-hybridized carbons (Fsp3) is 0.533. The number of halogens is 2. The summed E-state index contributed by atoms with van der Waals surface area (Å²) in [6.45, 7) is 0.511. The number of nitrogens with one attached hydrogen (secondary N) is 1. The van der Waals surface area contributed by atoms with Crippen molar-refractivity contribution >= 4 is 5.91 Å². The summed E-state index contributed by atoms with van der Waals surface area (Å²) in [4.78, 5) is 11.8. The fourth-order valence-electron chi connectivity index (χ4n) is 2.66. The topological polar surface area (TPSA) is 55.1 Å². The molecule has 0 radical (unpaired) electrons. The molecule has 1 aromatic carbocycles. The third kappa shape index (κ3) is 3.76. The molecule has 1 aliphatic rings. The van der Waals surface area contributed by atoms with E-state index in [2.05, 4.69) is 5.32 Å². The van der Waals surface area contributed by atoms with Gasteiger partial charge in [-0.05, 0) is 24.8 Å². The molecule has 0 saturated heterocycles. The average molecular weight is 282 g/mol. The molecule has 2 rings (SSSR count). The summed E-state index contributed by atoms with van der Waals surface area (Å²) in [7, 11) is 0. The molecule has 110 valence electrons. The van der Waals surface area contributed by atoms with Gasteiger partial charge in [-0.25, -0.2) is 8.78 Å². The number of amides is 1. The Labute approximate surface area is 117 Å². The predicted octanol–water partition coefficient (Wildman–Crippen LogP) is 2.14. The first-order chi connectivity index (χ1) is 9.58. The van der Waals surface area contributed by atoms with E-state index >= 15 is 0 Å². The second-order valence-electron chi connectivity index (χ2n) is 5.40. The highest BCUT2D eigenvalue weighted by Crippen LogP contribution is 2.22. The maximum absolute atomic E-state index is 13.4. The van der Waals surface area contributed by atoms with Gasteiger partial charge in [-0.1, -0.05) is 25.0 Å². The Morgan fingerprint density at radius 2 is 2.05 bits per heavy atom. The summed E-state index contributed by atoms with van der Waals surface area (Å²) < 4.78 is 26.5. The molecule has 3 N–H and O–H groups in total. The highest BCUT2D eigenvalue weighted by Gasteiger charge is 2.22. The zero-order chi connectivity index (χ0) is 14.5. The van der Waals surface area contributed by atoms with Crippen LogP contribution in [0, 0.1) is 17.6 Å². The molecule has 0 heterocycles. The van der Waals surface area contributed by atoms with E-state index in [-0.39, 0.29) is 29.9 Å². The first-order valence-electron chi connectivity index (χ1n) is 7.03. The van der Waals surface area contributed by atoms with E-state index in [0.29, 0.717) is 6.54 Å². The Balaban J connectivity index is 1.85. The second kappa shape index (κ2) is 6.79. The summed E-state index contributed by atoms with van der Waals surface area (Å²) in [6.07, 6.45) is 4.12. The van der Waals surface area contributed by atoms with Gasteiger partial charge >= 0.3 is 0 Å². The van der Waals surface area contributed by atoms with E-state index in [0.717, 1.165) is 31.7 Å². The Bertz CT molecular complexity index is 479. The van der Waals surface area contributed by atoms with Crippen LogP contribution in [0.1, 0.15) is 31.2 Å². The molecular weight excluding hydrogens is 262 g/mol. The predicted molar refractivity (Wildman–Crippen MR) is 73.0 cm³/mol. The Morgan fingerprint density at radius 3 is 2.80 bits per heavy atom. The van der Waals surface area contributed by atoms with Gasteiger partial charge in [-0.2, -0.15) is 0 Å². The van der Waals surface area contributed by atoms with E-state index < -0.39 is 11.6 Å². The van der Waals surface area contributed by atoms with Crippen LogP contribution in [-0.4, -0.2) is 18.5 Å². The lowest BCUT2D eigenvalue weighted by Crippen LogP contribution is -2.41. The van der Waals surface area contributed by atoms with Crippen molar-refractivity contribution in [3.05, 3.63) is 35.4 Å². The molecule has 2 atom stereocenters.